The van der Waals surface area contributed by atoms with Crippen LogP contribution in [0.1, 0.15) is 30.5 Å². The van der Waals surface area contributed by atoms with Gasteiger partial charge in [0.15, 0.2) is 17.5 Å². The van der Waals surface area contributed by atoms with Crippen LogP contribution < -0.4 is 15.4 Å². The second kappa shape index (κ2) is 12.2. The van der Waals surface area contributed by atoms with Crippen LogP contribution in [0.2, 0.25) is 0 Å². The molecule has 0 saturated carbocycles. The fourth-order valence-corrected chi connectivity index (χ4v) is 3.50. The van der Waals surface area contributed by atoms with Crippen LogP contribution in [-0.4, -0.2) is 55.4 Å². The number of nitrogens with zero attached hydrogens (tertiary/aromatic N) is 2. The van der Waals surface area contributed by atoms with Crippen molar-refractivity contribution in [1.29, 1.82) is 0 Å². The molecule has 1 aliphatic heterocycles. The summed E-state index contributed by atoms with van der Waals surface area (Å²) in [5, 5.41) is 16.6. The molecule has 168 valence electrons. The van der Waals surface area contributed by atoms with Crippen molar-refractivity contribution in [2.24, 2.45) is 4.99 Å². The predicted molar refractivity (Wildman–Crippen MR) is 123 cm³/mol. The Bertz CT molecular complexity index is 850. The molecule has 31 heavy (non-hydrogen) atoms. The van der Waals surface area contributed by atoms with Gasteiger partial charge in [0.05, 0.1) is 26.4 Å². The summed E-state index contributed by atoms with van der Waals surface area (Å²) >= 11 is 0. The second-order valence-corrected chi connectivity index (χ2v) is 7.44. The van der Waals surface area contributed by atoms with Gasteiger partial charge in [-0.05, 0) is 42.7 Å². The number of aliphatic imine (C=N–C) groups is 1. The summed E-state index contributed by atoms with van der Waals surface area (Å²) in [4.78, 5) is 7.14. The van der Waals surface area contributed by atoms with Gasteiger partial charge >= 0.3 is 0 Å². The molecule has 0 aliphatic carbocycles. The van der Waals surface area contributed by atoms with E-state index in [1.54, 1.807) is 6.07 Å². The van der Waals surface area contributed by atoms with Crippen molar-refractivity contribution in [3.63, 3.8) is 0 Å². The number of rotatable bonds is 9. The van der Waals surface area contributed by atoms with Crippen LogP contribution in [0, 0.1) is 0 Å². The summed E-state index contributed by atoms with van der Waals surface area (Å²) < 4.78 is 10.9. The summed E-state index contributed by atoms with van der Waals surface area (Å²) in [6, 6.07) is 13.9. The fourth-order valence-electron chi connectivity index (χ4n) is 3.50. The van der Waals surface area contributed by atoms with E-state index in [0.29, 0.717) is 25.4 Å². The molecule has 7 nitrogen and oxygen atoms in total. The topological polar surface area (TPSA) is 78.4 Å². The summed E-state index contributed by atoms with van der Waals surface area (Å²) in [7, 11) is 0. The minimum absolute atomic E-state index is 0.150. The van der Waals surface area contributed by atoms with Gasteiger partial charge in [-0.2, -0.15) is 0 Å². The number of ether oxygens (including phenoxy) is 2. The third-order valence-corrected chi connectivity index (χ3v) is 5.15. The molecular formula is C24H34N4O3. The van der Waals surface area contributed by atoms with E-state index in [1.807, 2.05) is 19.1 Å². The Kier molecular flexibility index (Phi) is 8.99. The third kappa shape index (κ3) is 7.15. The maximum atomic E-state index is 9.89. The number of morpholine rings is 1. The van der Waals surface area contributed by atoms with Gasteiger partial charge < -0.3 is 25.2 Å². The Balaban J connectivity index is 1.63. The minimum atomic E-state index is 0.150. The standard InChI is InChI=1S/C24H34N4O3/c1-3-25-24(26-16-19-9-10-22(29)23(15-19)31-4-2)27-17-20-7-5-6-8-21(20)18-28-11-13-30-14-12-28/h5-10,15,29H,3-4,11-14,16-18H2,1-2H3,(H2,25,26,27). The lowest BCUT2D eigenvalue weighted by molar-refractivity contribution is 0.0341. The number of nitrogens with one attached hydrogen (secondary N) is 2. The lowest BCUT2D eigenvalue weighted by Gasteiger charge is -2.27. The molecule has 0 radical (unpaired) electrons. The Morgan fingerprint density at radius 3 is 2.61 bits per heavy atom. The maximum absolute atomic E-state index is 9.89. The quantitative estimate of drug-likeness (QED) is 0.423. The SMILES string of the molecule is CCNC(=NCc1ccc(O)c(OCC)c1)NCc1ccccc1CN1CCOCC1. The van der Waals surface area contributed by atoms with Crippen molar-refractivity contribution in [3.8, 4) is 11.5 Å². The van der Waals surface area contributed by atoms with Crippen LogP contribution in [-0.2, 0) is 24.4 Å². The van der Waals surface area contributed by atoms with Gasteiger partial charge in [-0.25, -0.2) is 4.99 Å². The lowest BCUT2D eigenvalue weighted by atomic mass is 10.1. The predicted octanol–water partition coefficient (Wildman–Crippen LogP) is 2.88. The first kappa shape index (κ1) is 22.9. The average Bonchev–Trinajstić information content (AvgIpc) is 2.79. The van der Waals surface area contributed by atoms with Crippen LogP contribution in [0.4, 0.5) is 0 Å². The largest absolute Gasteiger partial charge is 0.504 e. The molecule has 0 aromatic heterocycles. The first-order valence-electron chi connectivity index (χ1n) is 11.0. The molecule has 1 fully saturated rings. The molecule has 1 aliphatic rings. The molecule has 1 saturated heterocycles. The number of phenolic OH excluding ortho intramolecular Hbond substituents is 1. The number of benzene rings is 2. The summed E-state index contributed by atoms with van der Waals surface area (Å²) in [6.07, 6.45) is 0. The maximum Gasteiger partial charge on any atom is 0.191 e. The van der Waals surface area contributed by atoms with E-state index in [0.717, 1.165) is 50.9 Å². The zero-order chi connectivity index (χ0) is 21.9. The van der Waals surface area contributed by atoms with Crippen molar-refractivity contribution in [1.82, 2.24) is 15.5 Å². The van der Waals surface area contributed by atoms with Gasteiger partial charge in [-0.1, -0.05) is 30.3 Å². The molecule has 0 atom stereocenters. The zero-order valence-corrected chi connectivity index (χ0v) is 18.6. The van der Waals surface area contributed by atoms with E-state index in [9.17, 15) is 5.11 Å². The van der Waals surface area contributed by atoms with E-state index in [-0.39, 0.29) is 5.75 Å². The summed E-state index contributed by atoms with van der Waals surface area (Å²) in [5.41, 5.74) is 3.57. The normalized spacial score (nSPS) is 15.0. The van der Waals surface area contributed by atoms with Crippen molar-refractivity contribution in [2.45, 2.75) is 33.5 Å². The highest BCUT2D eigenvalue weighted by atomic mass is 16.5. The third-order valence-electron chi connectivity index (χ3n) is 5.15. The Morgan fingerprint density at radius 2 is 1.87 bits per heavy atom. The molecule has 0 unspecified atom stereocenters. The molecule has 2 aromatic carbocycles. The van der Waals surface area contributed by atoms with E-state index in [4.69, 9.17) is 14.5 Å². The number of hydrogen-bond acceptors (Lipinski definition) is 5. The number of aromatic hydroxyl groups is 1. The Morgan fingerprint density at radius 1 is 1.10 bits per heavy atom. The highest BCUT2D eigenvalue weighted by molar-refractivity contribution is 5.79. The van der Waals surface area contributed by atoms with Gasteiger partial charge in [0.2, 0.25) is 0 Å². The highest BCUT2D eigenvalue weighted by Gasteiger charge is 2.13. The van der Waals surface area contributed by atoms with Gasteiger partial charge in [0.25, 0.3) is 0 Å². The van der Waals surface area contributed by atoms with E-state index < -0.39 is 0 Å². The van der Waals surface area contributed by atoms with E-state index >= 15 is 0 Å². The highest BCUT2D eigenvalue weighted by Crippen LogP contribution is 2.27. The molecule has 3 N–H and O–H groups in total. The first-order valence-corrected chi connectivity index (χ1v) is 11.0. The minimum Gasteiger partial charge on any atom is -0.504 e. The molecule has 7 heteroatoms. The van der Waals surface area contributed by atoms with Crippen LogP contribution in [0.25, 0.3) is 0 Å². The average molecular weight is 427 g/mol. The van der Waals surface area contributed by atoms with Gasteiger partial charge in [-0.3, -0.25) is 4.90 Å². The molecule has 0 spiro atoms. The number of phenols is 1. The molecule has 1 heterocycles. The van der Waals surface area contributed by atoms with Crippen molar-refractivity contribution in [2.75, 3.05) is 39.5 Å². The number of hydrogen-bond donors (Lipinski definition) is 3. The van der Waals surface area contributed by atoms with Crippen molar-refractivity contribution >= 4 is 5.96 Å². The second-order valence-electron chi connectivity index (χ2n) is 7.44. The van der Waals surface area contributed by atoms with Gasteiger partial charge in [0.1, 0.15) is 0 Å². The number of guanidine groups is 1. The van der Waals surface area contributed by atoms with E-state index in [1.165, 1.54) is 11.1 Å². The Hall–Kier alpha value is -2.77. The van der Waals surface area contributed by atoms with Crippen molar-refractivity contribution < 1.29 is 14.6 Å². The molecule has 0 amide bonds. The van der Waals surface area contributed by atoms with Gasteiger partial charge in [-0.15, -0.1) is 0 Å². The summed E-state index contributed by atoms with van der Waals surface area (Å²) in [6.45, 7) is 10.9. The van der Waals surface area contributed by atoms with Crippen LogP contribution >= 0.6 is 0 Å². The van der Waals surface area contributed by atoms with Crippen molar-refractivity contribution in [3.05, 3.63) is 59.2 Å². The van der Waals surface area contributed by atoms with Gasteiger partial charge in [0, 0.05) is 32.7 Å². The lowest BCUT2D eigenvalue weighted by Crippen LogP contribution is -2.38. The van der Waals surface area contributed by atoms with Crippen LogP contribution in [0.3, 0.4) is 0 Å². The van der Waals surface area contributed by atoms with E-state index in [2.05, 4.69) is 46.7 Å². The zero-order valence-electron chi connectivity index (χ0n) is 18.6. The monoisotopic (exact) mass is 426 g/mol. The Labute approximate surface area is 185 Å². The van der Waals surface area contributed by atoms with Crippen LogP contribution in [0.5, 0.6) is 11.5 Å². The molecule has 3 rings (SSSR count). The van der Waals surface area contributed by atoms with Crippen LogP contribution in [0.15, 0.2) is 47.5 Å². The molecular weight excluding hydrogens is 392 g/mol. The smallest absolute Gasteiger partial charge is 0.191 e. The first-order chi connectivity index (χ1) is 15.2. The molecule has 0 bridgehead atoms. The fraction of sp³-hybridized carbons (Fsp3) is 0.458. The summed E-state index contributed by atoms with van der Waals surface area (Å²) in [5.74, 6) is 1.40. The molecule has 2 aromatic rings.